The Morgan fingerprint density at radius 1 is 1.10 bits per heavy atom. The molecule has 0 saturated heterocycles. The minimum Gasteiger partial charge on any atom is -0.492 e. The van der Waals surface area contributed by atoms with E-state index in [0.29, 0.717) is 11.7 Å². The summed E-state index contributed by atoms with van der Waals surface area (Å²) in [6.07, 6.45) is 6.29. The summed E-state index contributed by atoms with van der Waals surface area (Å²) in [6.45, 7) is 3.43. The van der Waals surface area contributed by atoms with Crippen LogP contribution in [0.3, 0.4) is 0 Å². The van der Waals surface area contributed by atoms with Gasteiger partial charge in [-0.2, -0.15) is 0 Å². The van der Waals surface area contributed by atoms with Gasteiger partial charge in [-0.1, -0.05) is 54.6 Å². The third-order valence-corrected chi connectivity index (χ3v) is 6.21. The maximum absolute atomic E-state index is 6.02. The fourth-order valence-electron chi connectivity index (χ4n) is 3.67. The van der Waals surface area contributed by atoms with Crippen LogP contribution in [0.25, 0.3) is 6.08 Å². The Bertz CT molecular complexity index is 975. The van der Waals surface area contributed by atoms with Crippen molar-refractivity contribution in [3.63, 3.8) is 0 Å². The lowest BCUT2D eigenvalue weighted by Gasteiger charge is -2.17. The van der Waals surface area contributed by atoms with Gasteiger partial charge in [0.15, 0.2) is 16.6 Å². The molecule has 4 rings (SSSR count). The average molecular weight is 422 g/mol. The summed E-state index contributed by atoms with van der Waals surface area (Å²) < 4.78 is 11.7. The zero-order valence-corrected chi connectivity index (χ0v) is 18.0. The lowest BCUT2D eigenvalue weighted by molar-refractivity contribution is 0.284. The van der Waals surface area contributed by atoms with Crippen molar-refractivity contribution >= 4 is 22.5 Å². The third kappa shape index (κ3) is 5.01. The highest BCUT2D eigenvalue weighted by Gasteiger charge is 2.16. The molecule has 0 unspecified atom stereocenters. The summed E-state index contributed by atoms with van der Waals surface area (Å²) >= 11 is 1.63. The van der Waals surface area contributed by atoms with Crippen molar-refractivity contribution in [2.45, 2.75) is 19.4 Å². The van der Waals surface area contributed by atoms with Gasteiger partial charge in [0.25, 0.3) is 0 Å². The van der Waals surface area contributed by atoms with E-state index in [0.717, 1.165) is 55.1 Å². The molecule has 1 aromatic heterocycles. The summed E-state index contributed by atoms with van der Waals surface area (Å²) in [7, 11) is 1.69. The molecule has 30 heavy (non-hydrogen) atoms. The van der Waals surface area contributed by atoms with Gasteiger partial charge < -0.3 is 15.2 Å². The van der Waals surface area contributed by atoms with Gasteiger partial charge in [-0.25, -0.2) is 4.98 Å². The SMILES string of the molecule is COc1c(/C=C/CN2CCc3nc(N)sc3CC2)cccc1OCc1ccccc1. The molecule has 0 fully saturated rings. The number of thiazole rings is 1. The number of hydrogen-bond donors (Lipinski definition) is 1. The number of para-hydroxylation sites is 1. The number of anilines is 1. The Morgan fingerprint density at radius 2 is 1.93 bits per heavy atom. The second-order valence-electron chi connectivity index (χ2n) is 7.28. The molecular weight excluding hydrogens is 394 g/mol. The molecule has 0 radical (unpaired) electrons. The third-order valence-electron chi connectivity index (χ3n) is 5.23. The molecule has 0 saturated carbocycles. The van der Waals surface area contributed by atoms with Crippen LogP contribution >= 0.6 is 11.3 Å². The van der Waals surface area contributed by atoms with Crippen LogP contribution in [0.15, 0.2) is 54.6 Å². The van der Waals surface area contributed by atoms with Gasteiger partial charge in [0.2, 0.25) is 0 Å². The van der Waals surface area contributed by atoms with Gasteiger partial charge in [-0.15, -0.1) is 11.3 Å². The Kier molecular flexibility index (Phi) is 6.67. The average Bonchev–Trinajstić information content (AvgIpc) is 3.03. The van der Waals surface area contributed by atoms with Gasteiger partial charge in [-0.3, -0.25) is 4.90 Å². The predicted molar refractivity (Wildman–Crippen MR) is 123 cm³/mol. The van der Waals surface area contributed by atoms with Crippen molar-refractivity contribution in [1.82, 2.24) is 9.88 Å². The molecule has 0 amide bonds. The number of aromatic nitrogens is 1. The lowest BCUT2D eigenvalue weighted by atomic mass is 10.1. The van der Waals surface area contributed by atoms with Crippen LogP contribution < -0.4 is 15.2 Å². The van der Waals surface area contributed by atoms with Crippen molar-refractivity contribution in [1.29, 1.82) is 0 Å². The molecule has 3 aromatic rings. The summed E-state index contributed by atoms with van der Waals surface area (Å²) in [5.74, 6) is 1.52. The highest BCUT2D eigenvalue weighted by atomic mass is 32.1. The number of nitrogens with zero attached hydrogens (tertiary/aromatic N) is 2. The Morgan fingerprint density at radius 3 is 2.77 bits per heavy atom. The van der Waals surface area contributed by atoms with Crippen molar-refractivity contribution in [2.24, 2.45) is 0 Å². The molecule has 2 heterocycles. The smallest absolute Gasteiger partial charge is 0.180 e. The number of methoxy groups -OCH3 is 1. The number of ether oxygens (including phenoxy) is 2. The van der Waals surface area contributed by atoms with Gasteiger partial charge in [0.1, 0.15) is 6.61 Å². The van der Waals surface area contributed by atoms with Crippen LogP contribution in [0.5, 0.6) is 11.5 Å². The maximum Gasteiger partial charge on any atom is 0.180 e. The number of nitrogens with two attached hydrogens (primary N) is 1. The van der Waals surface area contributed by atoms with E-state index >= 15 is 0 Å². The molecule has 5 nitrogen and oxygen atoms in total. The molecule has 1 aliphatic heterocycles. The van der Waals surface area contributed by atoms with Gasteiger partial charge in [0.05, 0.1) is 12.8 Å². The van der Waals surface area contributed by atoms with Crippen LogP contribution in [-0.4, -0.2) is 36.6 Å². The molecule has 0 atom stereocenters. The van der Waals surface area contributed by atoms with Crippen LogP contribution in [0.2, 0.25) is 0 Å². The number of benzene rings is 2. The van der Waals surface area contributed by atoms with E-state index in [1.165, 1.54) is 10.6 Å². The Balaban J connectivity index is 1.37. The van der Waals surface area contributed by atoms with E-state index in [4.69, 9.17) is 15.2 Å². The minimum absolute atomic E-state index is 0.515. The molecule has 0 spiro atoms. The molecule has 156 valence electrons. The minimum atomic E-state index is 0.515. The molecule has 0 aliphatic carbocycles. The zero-order valence-electron chi connectivity index (χ0n) is 17.2. The largest absolute Gasteiger partial charge is 0.492 e. The highest BCUT2D eigenvalue weighted by Crippen LogP contribution is 2.32. The fourth-order valence-corrected chi connectivity index (χ4v) is 4.54. The first-order chi connectivity index (χ1) is 14.7. The predicted octanol–water partition coefficient (Wildman–Crippen LogP) is 4.43. The van der Waals surface area contributed by atoms with Crippen molar-refractivity contribution in [3.8, 4) is 11.5 Å². The first kappa shape index (κ1) is 20.4. The van der Waals surface area contributed by atoms with E-state index < -0.39 is 0 Å². The molecule has 2 N–H and O–H groups in total. The van der Waals surface area contributed by atoms with E-state index in [1.54, 1.807) is 18.4 Å². The van der Waals surface area contributed by atoms with Crippen LogP contribution in [0.4, 0.5) is 5.13 Å². The summed E-state index contributed by atoms with van der Waals surface area (Å²) in [5, 5.41) is 0.690. The molecule has 6 heteroatoms. The van der Waals surface area contributed by atoms with Crippen molar-refractivity contribution in [3.05, 3.63) is 76.3 Å². The van der Waals surface area contributed by atoms with E-state index in [1.807, 2.05) is 30.3 Å². The summed E-state index contributed by atoms with van der Waals surface area (Å²) in [5.41, 5.74) is 9.17. The van der Waals surface area contributed by atoms with Gasteiger partial charge in [0, 0.05) is 36.5 Å². The van der Waals surface area contributed by atoms with Crippen LogP contribution in [-0.2, 0) is 19.4 Å². The molecule has 0 bridgehead atoms. The molecular formula is C24H27N3O2S. The van der Waals surface area contributed by atoms with Crippen LogP contribution in [0, 0.1) is 0 Å². The molecule has 2 aromatic carbocycles. The second-order valence-corrected chi connectivity index (χ2v) is 8.39. The fraction of sp³-hybridized carbons (Fsp3) is 0.292. The number of fused-ring (bicyclic) bond motifs is 1. The topological polar surface area (TPSA) is 60.6 Å². The van der Waals surface area contributed by atoms with Gasteiger partial charge in [-0.05, 0) is 18.1 Å². The van der Waals surface area contributed by atoms with Crippen molar-refractivity contribution < 1.29 is 9.47 Å². The lowest BCUT2D eigenvalue weighted by Crippen LogP contribution is -2.26. The standard InChI is InChI=1S/C24H27N3O2S/c1-28-23-19(9-5-11-21(23)29-17-18-7-3-2-4-8-18)10-6-14-27-15-12-20-22(13-16-27)30-24(25)26-20/h2-11H,12-17H2,1H3,(H2,25,26)/b10-6+. The first-order valence-electron chi connectivity index (χ1n) is 10.2. The highest BCUT2D eigenvalue weighted by molar-refractivity contribution is 7.15. The number of rotatable bonds is 7. The zero-order chi connectivity index (χ0) is 20.8. The van der Waals surface area contributed by atoms with E-state index in [2.05, 4.69) is 40.2 Å². The van der Waals surface area contributed by atoms with Crippen LogP contribution in [0.1, 0.15) is 21.7 Å². The van der Waals surface area contributed by atoms with E-state index in [-0.39, 0.29) is 0 Å². The van der Waals surface area contributed by atoms with E-state index in [9.17, 15) is 0 Å². The monoisotopic (exact) mass is 421 g/mol. The normalized spacial score (nSPS) is 14.4. The molecule has 1 aliphatic rings. The van der Waals surface area contributed by atoms with Gasteiger partial charge >= 0.3 is 0 Å². The van der Waals surface area contributed by atoms with Crippen molar-refractivity contribution in [2.75, 3.05) is 32.5 Å². The maximum atomic E-state index is 6.02. The Hall–Kier alpha value is -2.83. The quantitative estimate of drug-likeness (QED) is 0.612. The Labute approximate surface area is 181 Å². The number of nitrogen functional groups attached to an aromatic ring is 1. The number of hydrogen-bond acceptors (Lipinski definition) is 6. The summed E-state index contributed by atoms with van der Waals surface area (Å²) in [6, 6.07) is 16.2. The first-order valence-corrected chi connectivity index (χ1v) is 11.0. The summed E-state index contributed by atoms with van der Waals surface area (Å²) in [4.78, 5) is 8.25. The second kappa shape index (κ2) is 9.78.